The van der Waals surface area contributed by atoms with Gasteiger partial charge in [0.05, 0.1) is 36.5 Å². The first-order valence-corrected chi connectivity index (χ1v) is 10.0. The van der Waals surface area contributed by atoms with E-state index in [0.717, 1.165) is 0 Å². The summed E-state index contributed by atoms with van der Waals surface area (Å²) in [5, 5.41) is 6.36. The van der Waals surface area contributed by atoms with E-state index in [4.69, 9.17) is 14.2 Å². The van der Waals surface area contributed by atoms with Crippen molar-refractivity contribution in [2.75, 3.05) is 26.9 Å². The average Bonchev–Trinajstić information content (AvgIpc) is 2.77. The molecule has 0 heterocycles. The fourth-order valence-electron chi connectivity index (χ4n) is 2.36. The van der Waals surface area contributed by atoms with Crippen molar-refractivity contribution >= 4 is 39.9 Å². The normalized spacial score (nSPS) is 10.4. The van der Waals surface area contributed by atoms with E-state index in [1.165, 1.54) is 13.3 Å². The van der Waals surface area contributed by atoms with Gasteiger partial charge in [-0.25, -0.2) is 10.2 Å². The Kier molecular flexibility index (Phi) is 9.50. The third-order valence-corrected chi connectivity index (χ3v) is 4.39. The van der Waals surface area contributed by atoms with Crippen LogP contribution < -0.4 is 20.2 Å². The van der Waals surface area contributed by atoms with E-state index in [9.17, 15) is 14.4 Å². The van der Waals surface area contributed by atoms with Crippen LogP contribution in [-0.2, 0) is 14.3 Å². The van der Waals surface area contributed by atoms with E-state index in [2.05, 4.69) is 31.8 Å². The molecular weight excluding hydrogens is 470 g/mol. The van der Waals surface area contributed by atoms with E-state index >= 15 is 0 Å². The van der Waals surface area contributed by atoms with Crippen molar-refractivity contribution in [3.8, 4) is 11.5 Å². The minimum atomic E-state index is -0.493. The van der Waals surface area contributed by atoms with E-state index in [1.807, 2.05) is 0 Å². The molecule has 31 heavy (non-hydrogen) atoms. The van der Waals surface area contributed by atoms with Gasteiger partial charge in [0.1, 0.15) is 11.5 Å². The lowest BCUT2D eigenvalue weighted by atomic mass is 10.2. The number of hydrogen-bond donors (Lipinski definition) is 2. The van der Waals surface area contributed by atoms with Crippen LogP contribution in [0.5, 0.6) is 11.5 Å². The molecule has 164 valence electrons. The van der Waals surface area contributed by atoms with Gasteiger partial charge in [-0.05, 0) is 58.7 Å². The Labute approximate surface area is 187 Å². The van der Waals surface area contributed by atoms with Gasteiger partial charge in [-0.3, -0.25) is 9.59 Å². The number of para-hydroxylation sites is 1. The number of amides is 2. The third kappa shape index (κ3) is 7.74. The number of nitrogens with zero attached hydrogens (tertiary/aromatic N) is 1. The molecule has 0 aromatic heterocycles. The van der Waals surface area contributed by atoms with Crippen molar-refractivity contribution in [2.45, 2.75) is 6.92 Å². The zero-order valence-corrected chi connectivity index (χ0v) is 18.6. The number of halogens is 1. The minimum Gasteiger partial charge on any atom is -0.496 e. The second kappa shape index (κ2) is 12.3. The lowest BCUT2D eigenvalue weighted by Gasteiger charge is -2.08. The van der Waals surface area contributed by atoms with Crippen LogP contribution in [0.4, 0.5) is 0 Å². The highest BCUT2D eigenvalue weighted by Crippen LogP contribution is 2.25. The van der Waals surface area contributed by atoms with Gasteiger partial charge in [0.2, 0.25) is 0 Å². The molecule has 2 aromatic rings. The second-order valence-electron chi connectivity index (χ2n) is 5.96. The first-order valence-electron chi connectivity index (χ1n) is 9.25. The molecule has 2 rings (SSSR count). The highest BCUT2D eigenvalue weighted by Gasteiger charge is 2.12. The molecule has 2 amide bonds. The fourth-order valence-corrected chi connectivity index (χ4v) is 2.87. The molecule has 0 bridgehead atoms. The number of hydrogen-bond acceptors (Lipinski definition) is 7. The van der Waals surface area contributed by atoms with E-state index < -0.39 is 17.8 Å². The maximum Gasteiger partial charge on any atom is 0.344 e. The first kappa shape index (κ1) is 23.9. The van der Waals surface area contributed by atoms with Gasteiger partial charge >= 0.3 is 5.97 Å². The van der Waals surface area contributed by atoms with Crippen molar-refractivity contribution in [2.24, 2.45) is 5.10 Å². The molecule has 0 saturated heterocycles. The monoisotopic (exact) mass is 491 g/mol. The van der Waals surface area contributed by atoms with Crippen LogP contribution in [0.1, 0.15) is 22.8 Å². The van der Waals surface area contributed by atoms with Crippen LogP contribution >= 0.6 is 15.9 Å². The van der Waals surface area contributed by atoms with Crippen LogP contribution in [0, 0.1) is 0 Å². The summed E-state index contributed by atoms with van der Waals surface area (Å²) in [6.07, 6.45) is 1.43. The maximum absolute atomic E-state index is 12.2. The summed E-state index contributed by atoms with van der Waals surface area (Å²) in [6, 6.07) is 11.8. The molecule has 0 aliphatic carbocycles. The molecule has 0 spiro atoms. The Morgan fingerprint density at radius 1 is 1.13 bits per heavy atom. The van der Waals surface area contributed by atoms with Gasteiger partial charge in [0, 0.05) is 0 Å². The Hall–Kier alpha value is -3.40. The van der Waals surface area contributed by atoms with Crippen LogP contribution in [0.2, 0.25) is 0 Å². The largest absolute Gasteiger partial charge is 0.496 e. The second-order valence-corrected chi connectivity index (χ2v) is 6.81. The summed E-state index contributed by atoms with van der Waals surface area (Å²) in [6.45, 7) is 1.55. The summed E-state index contributed by atoms with van der Waals surface area (Å²) >= 11 is 3.35. The lowest BCUT2D eigenvalue weighted by Crippen LogP contribution is -2.35. The van der Waals surface area contributed by atoms with Crippen LogP contribution in [0.15, 0.2) is 52.0 Å². The van der Waals surface area contributed by atoms with Gasteiger partial charge < -0.3 is 19.5 Å². The molecule has 10 heteroatoms. The summed E-state index contributed by atoms with van der Waals surface area (Å²) < 4.78 is 15.9. The predicted molar refractivity (Wildman–Crippen MR) is 117 cm³/mol. The standard InChI is InChI=1S/C21H22BrN3O6/c1-3-30-20(27)13-31-18-9-8-14(10-16(18)22)11-24-25-19(26)12-23-21(28)15-6-4-5-7-17(15)29-2/h4-11H,3,12-13H2,1-2H3,(H,23,28)(H,25,26). The number of methoxy groups -OCH3 is 1. The van der Waals surface area contributed by atoms with E-state index in [-0.39, 0.29) is 19.8 Å². The molecule has 0 radical (unpaired) electrons. The van der Waals surface area contributed by atoms with Gasteiger partial charge in [-0.1, -0.05) is 12.1 Å². The highest BCUT2D eigenvalue weighted by molar-refractivity contribution is 9.10. The number of rotatable bonds is 10. The quantitative estimate of drug-likeness (QED) is 0.299. The van der Waals surface area contributed by atoms with Crippen molar-refractivity contribution in [1.82, 2.24) is 10.7 Å². The zero-order valence-electron chi connectivity index (χ0n) is 17.0. The number of nitrogens with one attached hydrogen (secondary N) is 2. The first-order chi connectivity index (χ1) is 14.9. The Morgan fingerprint density at radius 2 is 1.90 bits per heavy atom. The number of hydrazone groups is 1. The molecule has 0 saturated carbocycles. The maximum atomic E-state index is 12.2. The van der Waals surface area contributed by atoms with Gasteiger partial charge in [0.25, 0.3) is 11.8 Å². The SMILES string of the molecule is CCOC(=O)COc1ccc(C=NNC(=O)CNC(=O)c2ccccc2OC)cc1Br. The van der Waals surface area contributed by atoms with E-state index in [0.29, 0.717) is 27.1 Å². The molecule has 0 aliphatic rings. The average molecular weight is 492 g/mol. The predicted octanol–water partition coefficient (Wildman–Crippen LogP) is 2.28. The van der Waals surface area contributed by atoms with Crippen molar-refractivity contribution in [1.29, 1.82) is 0 Å². The van der Waals surface area contributed by atoms with Gasteiger partial charge in [0.15, 0.2) is 6.61 Å². The van der Waals surface area contributed by atoms with Crippen molar-refractivity contribution in [3.63, 3.8) is 0 Å². The summed E-state index contributed by atoms with van der Waals surface area (Å²) in [5.41, 5.74) is 3.34. The molecule has 0 aliphatic heterocycles. The molecule has 0 unspecified atom stereocenters. The number of benzene rings is 2. The summed E-state index contributed by atoms with van der Waals surface area (Å²) in [5.74, 6) is -0.501. The Balaban J connectivity index is 1.82. The number of carbonyl (C=O) groups excluding carboxylic acids is 3. The highest BCUT2D eigenvalue weighted by atomic mass is 79.9. The lowest BCUT2D eigenvalue weighted by molar-refractivity contribution is -0.145. The summed E-state index contributed by atoms with van der Waals surface area (Å²) in [4.78, 5) is 35.4. The van der Waals surface area contributed by atoms with Crippen LogP contribution in [0.25, 0.3) is 0 Å². The third-order valence-electron chi connectivity index (χ3n) is 3.77. The topological polar surface area (TPSA) is 115 Å². The van der Waals surface area contributed by atoms with Gasteiger partial charge in [-0.2, -0.15) is 5.10 Å². The molecule has 2 N–H and O–H groups in total. The van der Waals surface area contributed by atoms with E-state index in [1.54, 1.807) is 49.4 Å². The van der Waals surface area contributed by atoms with Crippen LogP contribution in [-0.4, -0.2) is 50.9 Å². The molecule has 9 nitrogen and oxygen atoms in total. The Morgan fingerprint density at radius 3 is 2.61 bits per heavy atom. The van der Waals surface area contributed by atoms with Gasteiger partial charge in [-0.15, -0.1) is 0 Å². The molecule has 2 aromatic carbocycles. The number of ether oxygens (including phenoxy) is 3. The van der Waals surface area contributed by atoms with Crippen molar-refractivity contribution in [3.05, 3.63) is 58.1 Å². The van der Waals surface area contributed by atoms with Crippen molar-refractivity contribution < 1.29 is 28.6 Å². The molecular formula is C21H22BrN3O6. The number of carbonyl (C=O) groups is 3. The number of esters is 1. The van der Waals surface area contributed by atoms with Crippen LogP contribution in [0.3, 0.4) is 0 Å². The minimum absolute atomic E-state index is 0.198. The fraction of sp³-hybridized carbons (Fsp3) is 0.238. The zero-order chi connectivity index (χ0) is 22.6. The smallest absolute Gasteiger partial charge is 0.344 e. The molecule has 0 fully saturated rings. The molecule has 0 atom stereocenters. The summed E-state index contributed by atoms with van der Waals surface area (Å²) in [7, 11) is 1.46. The Bertz CT molecular complexity index is 964.